The second-order valence-electron chi connectivity index (χ2n) is 5.73. The van der Waals surface area contributed by atoms with E-state index >= 15 is 0 Å². The quantitative estimate of drug-likeness (QED) is 0.382. The van der Waals surface area contributed by atoms with Gasteiger partial charge in [0.2, 0.25) is 5.91 Å². The molecular formula is C20H23ClN2O4. The van der Waals surface area contributed by atoms with Crippen LogP contribution in [0.15, 0.2) is 47.6 Å². The fourth-order valence-electron chi connectivity index (χ4n) is 2.11. The van der Waals surface area contributed by atoms with Crippen LogP contribution in [0.25, 0.3) is 0 Å². The van der Waals surface area contributed by atoms with Crippen molar-refractivity contribution in [1.82, 2.24) is 5.43 Å². The van der Waals surface area contributed by atoms with Gasteiger partial charge in [0.05, 0.1) is 19.4 Å². The zero-order valence-electron chi connectivity index (χ0n) is 15.4. The number of carbonyl (C=O) groups is 1. The second-order valence-corrected chi connectivity index (χ2v) is 6.17. The van der Waals surface area contributed by atoms with Crippen LogP contribution in [0.1, 0.15) is 18.1 Å². The maximum atomic E-state index is 10.9. The SMILES string of the molecule is CC(=O)N/N=C/c1cc(Cl)ccc1OCCOCCOc1ccc(C)cc1. The number of nitrogens with zero attached hydrogens (tertiary/aromatic N) is 1. The maximum Gasteiger partial charge on any atom is 0.236 e. The highest BCUT2D eigenvalue weighted by Gasteiger charge is 2.03. The number of halogens is 1. The van der Waals surface area contributed by atoms with Crippen LogP contribution in [0.3, 0.4) is 0 Å². The van der Waals surface area contributed by atoms with Crippen molar-refractivity contribution in [1.29, 1.82) is 0 Å². The first-order chi connectivity index (χ1) is 13.0. The zero-order chi connectivity index (χ0) is 19.5. The van der Waals surface area contributed by atoms with Gasteiger partial charge in [-0.25, -0.2) is 5.43 Å². The monoisotopic (exact) mass is 390 g/mol. The van der Waals surface area contributed by atoms with Gasteiger partial charge in [-0.2, -0.15) is 5.10 Å². The number of rotatable bonds is 10. The fraction of sp³-hybridized carbons (Fsp3) is 0.300. The summed E-state index contributed by atoms with van der Waals surface area (Å²) in [4.78, 5) is 10.9. The van der Waals surface area contributed by atoms with Gasteiger partial charge < -0.3 is 14.2 Å². The summed E-state index contributed by atoms with van der Waals surface area (Å²) in [6, 6.07) is 13.1. The molecule has 0 unspecified atom stereocenters. The Labute approximate surface area is 164 Å². The van der Waals surface area contributed by atoms with Gasteiger partial charge >= 0.3 is 0 Å². The van der Waals surface area contributed by atoms with Gasteiger partial charge in [-0.3, -0.25) is 4.79 Å². The number of carbonyl (C=O) groups excluding carboxylic acids is 1. The topological polar surface area (TPSA) is 69.2 Å². The molecule has 0 aliphatic heterocycles. The summed E-state index contributed by atoms with van der Waals surface area (Å²) in [5, 5.41) is 4.39. The summed E-state index contributed by atoms with van der Waals surface area (Å²) in [6.07, 6.45) is 1.49. The molecule has 7 heteroatoms. The third-order valence-electron chi connectivity index (χ3n) is 3.40. The Morgan fingerprint density at radius 3 is 2.48 bits per heavy atom. The Hall–Kier alpha value is -2.57. The van der Waals surface area contributed by atoms with Crippen molar-refractivity contribution in [3.63, 3.8) is 0 Å². The van der Waals surface area contributed by atoms with Crippen LogP contribution in [-0.2, 0) is 9.53 Å². The Morgan fingerprint density at radius 1 is 1.07 bits per heavy atom. The predicted octanol–water partition coefficient (Wildman–Crippen LogP) is 3.59. The standard InChI is InChI=1S/C20H23ClN2O4/c1-15-3-6-19(7-4-15)26-11-9-25-10-12-27-20-8-5-18(21)13-17(20)14-22-23-16(2)24/h3-8,13-14H,9-12H2,1-2H3,(H,23,24)/b22-14+. The summed E-state index contributed by atoms with van der Waals surface area (Å²) >= 11 is 5.99. The molecule has 1 N–H and O–H groups in total. The first kappa shape index (κ1) is 20.7. The van der Waals surface area contributed by atoms with E-state index in [9.17, 15) is 4.79 Å². The lowest BCUT2D eigenvalue weighted by Crippen LogP contribution is -2.13. The second kappa shape index (κ2) is 11.2. The molecule has 0 fully saturated rings. The van der Waals surface area contributed by atoms with Crippen LogP contribution in [0.5, 0.6) is 11.5 Å². The van der Waals surface area contributed by atoms with E-state index in [4.69, 9.17) is 25.8 Å². The molecule has 0 saturated heterocycles. The van der Waals surface area contributed by atoms with Gasteiger partial charge in [0.25, 0.3) is 0 Å². The van der Waals surface area contributed by atoms with Crippen molar-refractivity contribution in [2.24, 2.45) is 5.10 Å². The van der Waals surface area contributed by atoms with Crippen LogP contribution in [0.4, 0.5) is 0 Å². The molecule has 144 valence electrons. The molecule has 6 nitrogen and oxygen atoms in total. The van der Waals surface area contributed by atoms with Crippen molar-refractivity contribution in [3.05, 3.63) is 58.6 Å². The van der Waals surface area contributed by atoms with E-state index in [0.29, 0.717) is 42.8 Å². The van der Waals surface area contributed by atoms with Gasteiger partial charge in [0.1, 0.15) is 24.7 Å². The minimum Gasteiger partial charge on any atom is -0.491 e. The average Bonchev–Trinajstić information content (AvgIpc) is 2.63. The summed E-state index contributed by atoms with van der Waals surface area (Å²) in [6.45, 7) is 5.14. The molecule has 0 heterocycles. The predicted molar refractivity (Wildman–Crippen MR) is 106 cm³/mol. The van der Waals surface area contributed by atoms with E-state index in [1.165, 1.54) is 18.7 Å². The smallest absolute Gasteiger partial charge is 0.236 e. The largest absolute Gasteiger partial charge is 0.491 e. The lowest BCUT2D eigenvalue weighted by Gasteiger charge is -2.10. The minimum atomic E-state index is -0.253. The minimum absolute atomic E-state index is 0.253. The van der Waals surface area contributed by atoms with E-state index < -0.39 is 0 Å². The highest BCUT2D eigenvalue weighted by atomic mass is 35.5. The van der Waals surface area contributed by atoms with E-state index in [2.05, 4.69) is 10.5 Å². The van der Waals surface area contributed by atoms with Gasteiger partial charge in [0.15, 0.2) is 0 Å². The van der Waals surface area contributed by atoms with Crippen LogP contribution < -0.4 is 14.9 Å². The number of hydrogen-bond acceptors (Lipinski definition) is 5. The van der Waals surface area contributed by atoms with Crippen molar-refractivity contribution in [2.45, 2.75) is 13.8 Å². The molecule has 2 aromatic rings. The molecule has 27 heavy (non-hydrogen) atoms. The number of aryl methyl sites for hydroxylation is 1. The van der Waals surface area contributed by atoms with E-state index in [1.54, 1.807) is 18.2 Å². The van der Waals surface area contributed by atoms with E-state index in [0.717, 1.165) is 5.75 Å². The lowest BCUT2D eigenvalue weighted by molar-refractivity contribution is -0.118. The molecule has 0 saturated carbocycles. The normalized spacial score (nSPS) is 10.8. The average molecular weight is 391 g/mol. The molecule has 2 aromatic carbocycles. The highest BCUT2D eigenvalue weighted by Crippen LogP contribution is 2.21. The lowest BCUT2D eigenvalue weighted by atomic mass is 10.2. The first-order valence-corrected chi connectivity index (χ1v) is 8.91. The molecule has 0 radical (unpaired) electrons. The molecular weight excluding hydrogens is 368 g/mol. The summed E-state index contributed by atoms with van der Waals surface area (Å²) in [5.41, 5.74) is 4.20. The Kier molecular flexibility index (Phi) is 8.61. The number of hydrazone groups is 1. The number of benzene rings is 2. The van der Waals surface area contributed by atoms with Crippen LogP contribution in [-0.4, -0.2) is 38.5 Å². The van der Waals surface area contributed by atoms with Crippen molar-refractivity contribution >= 4 is 23.7 Å². The molecule has 0 aliphatic carbocycles. The zero-order valence-corrected chi connectivity index (χ0v) is 16.2. The fourth-order valence-corrected chi connectivity index (χ4v) is 2.29. The van der Waals surface area contributed by atoms with Crippen molar-refractivity contribution in [2.75, 3.05) is 26.4 Å². The molecule has 0 bridgehead atoms. The number of ether oxygens (including phenoxy) is 3. The number of amides is 1. The molecule has 0 aromatic heterocycles. The molecule has 0 aliphatic rings. The van der Waals surface area contributed by atoms with Crippen LogP contribution in [0.2, 0.25) is 5.02 Å². The molecule has 1 amide bonds. The Morgan fingerprint density at radius 2 is 1.78 bits per heavy atom. The summed E-state index contributed by atoms with van der Waals surface area (Å²) < 4.78 is 16.8. The molecule has 0 atom stereocenters. The third kappa shape index (κ3) is 8.11. The Balaban J connectivity index is 1.69. The number of hydrogen-bond donors (Lipinski definition) is 1. The van der Waals surface area contributed by atoms with E-state index in [1.807, 2.05) is 31.2 Å². The van der Waals surface area contributed by atoms with Crippen molar-refractivity contribution < 1.29 is 19.0 Å². The third-order valence-corrected chi connectivity index (χ3v) is 3.64. The van der Waals surface area contributed by atoms with Crippen LogP contribution in [0, 0.1) is 6.92 Å². The maximum absolute atomic E-state index is 10.9. The van der Waals surface area contributed by atoms with Gasteiger partial charge in [-0.05, 0) is 37.3 Å². The van der Waals surface area contributed by atoms with Gasteiger partial charge in [0, 0.05) is 17.5 Å². The first-order valence-electron chi connectivity index (χ1n) is 8.54. The van der Waals surface area contributed by atoms with E-state index in [-0.39, 0.29) is 5.91 Å². The van der Waals surface area contributed by atoms with Crippen LogP contribution >= 0.6 is 11.6 Å². The Bertz CT molecular complexity index is 763. The van der Waals surface area contributed by atoms with Gasteiger partial charge in [-0.15, -0.1) is 0 Å². The molecule has 2 rings (SSSR count). The summed E-state index contributed by atoms with van der Waals surface area (Å²) in [7, 11) is 0. The summed E-state index contributed by atoms with van der Waals surface area (Å²) in [5.74, 6) is 1.18. The number of nitrogens with one attached hydrogen (secondary N) is 1. The highest BCUT2D eigenvalue weighted by molar-refractivity contribution is 6.30. The van der Waals surface area contributed by atoms with Gasteiger partial charge in [-0.1, -0.05) is 29.3 Å². The molecule has 0 spiro atoms. The van der Waals surface area contributed by atoms with Crippen molar-refractivity contribution in [3.8, 4) is 11.5 Å².